The molecule has 3 aliphatic rings. The molecular weight excluding hydrogens is 422 g/mol. The van der Waals surface area contributed by atoms with E-state index in [0.29, 0.717) is 22.7 Å². The summed E-state index contributed by atoms with van der Waals surface area (Å²) in [5.74, 6) is -0.665. The molecule has 8 heteroatoms. The minimum absolute atomic E-state index is 0.0817. The van der Waals surface area contributed by atoms with Crippen molar-refractivity contribution in [2.24, 2.45) is 0 Å². The highest BCUT2D eigenvalue weighted by molar-refractivity contribution is 6.15. The Hall–Kier alpha value is -3.94. The fourth-order valence-corrected chi connectivity index (χ4v) is 4.89. The fourth-order valence-electron chi connectivity index (χ4n) is 4.89. The fraction of sp³-hybridized carbons (Fsp3) is 0.280. The van der Waals surface area contributed by atoms with Crippen LogP contribution in [0.3, 0.4) is 0 Å². The first kappa shape index (κ1) is 19.7. The molecule has 1 atom stereocenters. The molecule has 1 saturated carbocycles. The van der Waals surface area contributed by atoms with Gasteiger partial charge in [0.05, 0.1) is 11.3 Å². The minimum Gasteiger partial charge on any atom is -0.454 e. The topological polar surface area (TPSA) is 93.0 Å². The maximum Gasteiger partial charge on any atom is 0.354 e. The second-order valence-corrected chi connectivity index (χ2v) is 8.59. The number of benzene rings is 2. The Labute approximate surface area is 189 Å². The van der Waals surface area contributed by atoms with Crippen molar-refractivity contribution in [2.45, 2.75) is 44.0 Å². The zero-order chi connectivity index (χ0) is 22.6. The highest BCUT2D eigenvalue weighted by atomic mass is 16.6. The lowest BCUT2D eigenvalue weighted by Gasteiger charge is -2.48. The molecule has 166 valence electrons. The van der Waals surface area contributed by atoms with Crippen LogP contribution in [0.4, 0.5) is 5.69 Å². The zero-order valence-electron chi connectivity index (χ0n) is 17.8. The van der Waals surface area contributed by atoms with Crippen molar-refractivity contribution in [2.75, 3.05) is 4.90 Å². The van der Waals surface area contributed by atoms with Crippen LogP contribution in [0.1, 0.15) is 41.8 Å². The van der Waals surface area contributed by atoms with Crippen LogP contribution in [-0.2, 0) is 20.9 Å². The van der Waals surface area contributed by atoms with Crippen molar-refractivity contribution in [3.05, 3.63) is 72.0 Å². The van der Waals surface area contributed by atoms with Crippen LogP contribution in [0.2, 0.25) is 0 Å². The van der Waals surface area contributed by atoms with Crippen molar-refractivity contribution in [1.82, 2.24) is 10.1 Å². The molecule has 0 bridgehead atoms. The highest BCUT2D eigenvalue weighted by Crippen LogP contribution is 2.49. The summed E-state index contributed by atoms with van der Waals surface area (Å²) in [6.07, 6.45) is 1.97. The first-order valence-electron chi connectivity index (χ1n) is 11.0. The first-order valence-corrected chi connectivity index (χ1v) is 11.0. The maximum absolute atomic E-state index is 13.6. The number of rotatable bonds is 5. The van der Waals surface area contributed by atoms with Gasteiger partial charge in [-0.15, -0.1) is 0 Å². The average molecular weight is 443 g/mol. The Morgan fingerprint density at radius 2 is 1.85 bits per heavy atom. The van der Waals surface area contributed by atoms with Gasteiger partial charge in [0.25, 0.3) is 5.91 Å². The number of aromatic nitrogens is 1. The molecule has 8 nitrogen and oxygen atoms in total. The number of carbonyl (C=O) groups excluding carboxylic acids is 3. The van der Waals surface area contributed by atoms with Crippen molar-refractivity contribution >= 4 is 23.5 Å². The Morgan fingerprint density at radius 3 is 2.64 bits per heavy atom. The van der Waals surface area contributed by atoms with Crippen molar-refractivity contribution in [3.8, 4) is 11.3 Å². The number of anilines is 1. The molecule has 2 fully saturated rings. The summed E-state index contributed by atoms with van der Waals surface area (Å²) >= 11 is 0. The highest BCUT2D eigenvalue weighted by Gasteiger charge is 2.64. The monoisotopic (exact) mass is 443 g/mol. The van der Waals surface area contributed by atoms with E-state index in [1.54, 1.807) is 35.2 Å². The SMILES string of the molecule is O=C1CCC2(C(=O)OCc3cc(-c4ccccc4)no3)N1c1ccccc1C(=O)N2C1CC1. The van der Waals surface area contributed by atoms with E-state index in [9.17, 15) is 14.4 Å². The molecule has 1 saturated heterocycles. The van der Waals surface area contributed by atoms with E-state index >= 15 is 0 Å². The number of carbonyl (C=O) groups is 3. The lowest BCUT2D eigenvalue weighted by Crippen LogP contribution is -2.69. The number of amides is 2. The van der Waals surface area contributed by atoms with Gasteiger partial charge in [0.15, 0.2) is 12.4 Å². The van der Waals surface area contributed by atoms with Crippen LogP contribution in [0.5, 0.6) is 0 Å². The Balaban J connectivity index is 1.32. The van der Waals surface area contributed by atoms with Gasteiger partial charge < -0.3 is 14.2 Å². The third-order valence-electron chi connectivity index (χ3n) is 6.51. The minimum atomic E-state index is -1.47. The van der Waals surface area contributed by atoms with Crippen molar-refractivity contribution in [3.63, 3.8) is 0 Å². The molecule has 1 aliphatic carbocycles. The smallest absolute Gasteiger partial charge is 0.354 e. The second kappa shape index (κ2) is 7.30. The van der Waals surface area contributed by atoms with Crippen LogP contribution in [0.25, 0.3) is 11.3 Å². The van der Waals surface area contributed by atoms with E-state index in [1.807, 2.05) is 30.3 Å². The van der Waals surface area contributed by atoms with Gasteiger partial charge in [-0.1, -0.05) is 47.6 Å². The Bertz CT molecular complexity index is 1270. The lowest BCUT2D eigenvalue weighted by atomic mass is 9.96. The molecule has 33 heavy (non-hydrogen) atoms. The van der Waals surface area contributed by atoms with Crippen LogP contribution in [0.15, 0.2) is 65.2 Å². The molecule has 1 aromatic heterocycles. The van der Waals surface area contributed by atoms with Crippen LogP contribution < -0.4 is 4.90 Å². The van der Waals surface area contributed by atoms with E-state index in [1.165, 1.54) is 4.90 Å². The number of para-hydroxylation sites is 1. The quantitative estimate of drug-likeness (QED) is 0.560. The zero-order valence-corrected chi connectivity index (χ0v) is 17.8. The number of esters is 1. The summed E-state index contributed by atoms with van der Waals surface area (Å²) in [4.78, 5) is 43.1. The molecule has 2 amide bonds. The molecule has 6 rings (SSSR count). The van der Waals surface area contributed by atoms with E-state index in [0.717, 1.165) is 18.4 Å². The largest absolute Gasteiger partial charge is 0.454 e. The summed E-state index contributed by atoms with van der Waals surface area (Å²) in [6.45, 7) is -0.142. The van der Waals surface area contributed by atoms with E-state index in [-0.39, 0.29) is 37.3 Å². The van der Waals surface area contributed by atoms with Crippen molar-refractivity contribution in [1.29, 1.82) is 0 Å². The van der Waals surface area contributed by atoms with Gasteiger partial charge in [0.2, 0.25) is 11.6 Å². The van der Waals surface area contributed by atoms with E-state index < -0.39 is 11.6 Å². The predicted octanol–water partition coefficient (Wildman–Crippen LogP) is 3.53. The average Bonchev–Trinajstić information content (AvgIpc) is 3.45. The Morgan fingerprint density at radius 1 is 1.09 bits per heavy atom. The molecule has 2 aromatic carbocycles. The van der Waals surface area contributed by atoms with Crippen LogP contribution in [0, 0.1) is 0 Å². The van der Waals surface area contributed by atoms with Crippen molar-refractivity contribution < 1.29 is 23.6 Å². The van der Waals surface area contributed by atoms with Gasteiger partial charge in [-0.3, -0.25) is 14.5 Å². The molecule has 0 spiro atoms. The first-order chi connectivity index (χ1) is 16.1. The van der Waals surface area contributed by atoms with E-state index in [4.69, 9.17) is 9.26 Å². The van der Waals surface area contributed by atoms with Crippen LogP contribution in [-0.4, -0.2) is 39.5 Å². The van der Waals surface area contributed by atoms with Gasteiger partial charge in [0.1, 0.15) is 5.69 Å². The lowest BCUT2D eigenvalue weighted by molar-refractivity contribution is -0.159. The molecule has 1 unspecified atom stereocenters. The summed E-state index contributed by atoms with van der Waals surface area (Å²) in [7, 11) is 0. The summed E-state index contributed by atoms with van der Waals surface area (Å²) in [5.41, 5.74) is 0.959. The second-order valence-electron chi connectivity index (χ2n) is 8.59. The third-order valence-corrected chi connectivity index (χ3v) is 6.51. The number of hydrogen-bond donors (Lipinski definition) is 0. The Kier molecular flexibility index (Phi) is 4.36. The molecule has 0 radical (unpaired) electrons. The number of hydrogen-bond acceptors (Lipinski definition) is 6. The third kappa shape index (κ3) is 2.97. The summed E-state index contributed by atoms with van der Waals surface area (Å²) < 4.78 is 11.0. The van der Waals surface area contributed by atoms with Gasteiger partial charge in [0, 0.05) is 30.5 Å². The van der Waals surface area contributed by atoms with Gasteiger partial charge >= 0.3 is 5.97 Å². The summed E-state index contributed by atoms with van der Waals surface area (Å²) in [6, 6.07) is 18.1. The predicted molar refractivity (Wildman–Crippen MR) is 117 cm³/mol. The molecule has 2 aliphatic heterocycles. The summed E-state index contributed by atoms with van der Waals surface area (Å²) in [5, 5.41) is 4.05. The number of fused-ring (bicyclic) bond motifs is 3. The number of nitrogens with zero attached hydrogens (tertiary/aromatic N) is 3. The maximum atomic E-state index is 13.6. The molecule has 3 heterocycles. The molecular formula is C25H21N3O5. The van der Waals surface area contributed by atoms with Gasteiger partial charge in [-0.2, -0.15) is 0 Å². The molecule has 0 N–H and O–H groups in total. The standard InChI is InChI=1S/C25H21N3O5/c29-22-12-13-25(24(31)32-15-18-14-20(26-33-18)16-6-2-1-3-7-16)27(17-10-11-17)23(30)19-8-4-5-9-21(19)28(22)25/h1-9,14,17H,10-13,15H2. The van der Waals surface area contributed by atoms with E-state index in [2.05, 4.69) is 5.16 Å². The normalized spacial score (nSPS) is 21.7. The van der Waals surface area contributed by atoms with Gasteiger partial charge in [-0.05, 0) is 25.0 Å². The number of ether oxygens (including phenoxy) is 1. The van der Waals surface area contributed by atoms with Crippen LogP contribution >= 0.6 is 0 Å². The molecule has 3 aromatic rings. The van der Waals surface area contributed by atoms with Gasteiger partial charge in [-0.25, -0.2) is 4.79 Å².